The summed E-state index contributed by atoms with van der Waals surface area (Å²) < 4.78 is 17.2. The molecule has 1 saturated heterocycles. The molecule has 144 valence electrons. The monoisotopic (exact) mass is 370 g/mol. The zero-order chi connectivity index (χ0) is 18.5. The first kappa shape index (κ1) is 18.2. The second-order valence-electron chi connectivity index (χ2n) is 7.28. The molecule has 2 aliphatic rings. The number of hydrogen-bond donors (Lipinski definition) is 1. The van der Waals surface area contributed by atoms with E-state index in [-0.39, 0.29) is 24.2 Å². The molecule has 0 radical (unpaired) electrons. The molecule has 1 aliphatic heterocycles. The van der Waals surface area contributed by atoms with Crippen molar-refractivity contribution in [3.63, 3.8) is 0 Å². The number of hydrogen-bond acceptors (Lipinski definition) is 5. The lowest BCUT2D eigenvalue weighted by molar-refractivity contribution is -0.132. The molecular weight excluding hydrogens is 344 g/mol. The van der Waals surface area contributed by atoms with Crippen LogP contribution in [0.3, 0.4) is 0 Å². The summed E-state index contributed by atoms with van der Waals surface area (Å²) in [6.07, 6.45) is 7.85. The maximum absolute atomic E-state index is 12.2. The second-order valence-corrected chi connectivity index (χ2v) is 7.28. The van der Waals surface area contributed by atoms with Crippen molar-refractivity contribution in [2.24, 2.45) is 0 Å². The van der Waals surface area contributed by atoms with Crippen LogP contribution in [-0.4, -0.2) is 49.0 Å². The Hall–Kier alpha value is -2.18. The van der Waals surface area contributed by atoms with Crippen LogP contribution < -0.4 is 10.1 Å². The average molecular weight is 370 g/mol. The summed E-state index contributed by atoms with van der Waals surface area (Å²) >= 11 is 0. The van der Waals surface area contributed by atoms with Gasteiger partial charge in [0.15, 0.2) is 0 Å². The third-order valence-corrected chi connectivity index (χ3v) is 5.27. The van der Waals surface area contributed by atoms with E-state index < -0.39 is 0 Å². The normalized spacial score (nSPS) is 25.9. The quantitative estimate of drug-likeness (QED) is 0.876. The maximum Gasteiger partial charge on any atom is 0.222 e. The number of ether oxygens (including phenoxy) is 3. The van der Waals surface area contributed by atoms with Gasteiger partial charge in [-0.25, -0.2) is 0 Å². The summed E-state index contributed by atoms with van der Waals surface area (Å²) in [6, 6.07) is 8.28. The van der Waals surface area contributed by atoms with E-state index >= 15 is 0 Å². The van der Waals surface area contributed by atoms with Gasteiger partial charge >= 0.3 is 0 Å². The van der Waals surface area contributed by atoms with Crippen LogP contribution in [0.2, 0.25) is 0 Å². The van der Waals surface area contributed by atoms with Crippen LogP contribution in [-0.2, 0) is 14.3 Å². The van der Waals surface area contributed by atoms with E-state index in [4.69, 9.17) is 14.2 Å². The highest BCUT2D eigenvalue weighted by Crippen LogP contribution is 2.29. The van der Waals surface area contributed by atoms with Gasteiger partial charge in [0.05, 0.1) is 38.4 Å². The molecule has 6 heteroatoms. The molecule has 4 rings (SSSR count). The highest BCUT2D eigenvalue weighted by atomic mass is 16.6. The summed E-state index contributed by atoms with van der Waals surface area (Å²) in [5, 5.41) is 5.32. The minimum atomic E-state index is -0.112. The van der Waals surface area contributed by atoms with Crippen molar-refractivity contribution in [3.05, 3.63) is 36.7 Å². The van der Waals surface area contributed by atoms with Gasteiger partial charge in [0.2, 0.25) is 5.91 Å². The van der Waals surface area contributed by atoms with E-state index in [0.29, 0.717) is 26.2 Å². The Balaban J connectivity index is 1.25. The SMILES string of the molecule is O=C(CC1COCCO1)NC1CCC(Oc2cccc3cnccc23)CC1. The van der Waals surface area contributed by atoms with Crippen molar-refractivity contribution in [2.45, 2.75) is 50.4 Å². The molecule has 2 fully saturated rings. The van der Waals surface area contributed by atoms with E-state index in [2.05, 4.69) is 10.3 Å². The van der Waals surface area contributed by atoms with E-state index in [1.54, 1.807) is 6.20 Å². The number of carbonyl (C=O) groups excluding carboxylic acids is 1. The van der Waals surface area contributed by atoms with E-state index in [9.17, 15) is 4.79 Å². The molecule has 1 aromatic heterocycles. The lowest BCUT2D eigenvalue weighted by Crippen LogP contribution is -2.42. The Labute approximate surface area is 159 Å². The van der Waals surface area contributed by atoms with Crippen LogP contribution in [0.4, 0.5) is 0 Å². The standard InChI is InChI=1S/C21H26N2O4/c24-21(12-18-14-25-10-11-26-18)23-16-4-6-17(7-5-16)27-20-3-1-2-15-13-22-9-8-19(15)20/h1-3,8-9,13,16-18H,4-7,10-12,14H2,(H,23,24). The predicted molar refractivity (Wildman–Crippen MR) is 102 cm³/mol. The lowest BCUT2D eigenvalue weighted by Gasteiger charge is -2.30. The summed E-state index contributed by atoms with van der Waals surface area (Å²) in [5.41, 5.74) is 0. The van der Waals surface area contributed by atoms with Crippen molar-refractivity contribution in [1.82, 2.24) is 10.3 Å². The third-order valence-electron chi connectivity index (χ3n) is 5.27. The largest absolute Gasteiger partial charge is 0.490 e. The Bertz CT molecular complexity index is 762. The van der Waals surface area contributed by atoms with Crippen LogP contribution in [0.1, 0.15) is 32.1 Å². The fourth-order valence-electron chi connectivity index (χ4n) is 3.85. The third kappa shape index (κ3) is 4.76. The van der Waals surface area contributed by atoms with Crippen LogP contribution in [0, 0.1) is 0 Å². The summed E-state index contributed by atoms with van der Waals surface area (Å²) in [5.74, 6) is 0.966. The van der Waals surface area contributed by atoms with E-state index in [1.165, 1.54) is 0 Å². The van der Waals surface area contributed by atoms with Gasteiger partial charge in [-0.3, -0.25) is 9.78 Å². The zero-order valence-electron chi connectivity index (χ0n) is 15.4. The summed E-state index contributed by atoms with van der Waals surface area (Å²) in [6.45, 7) is 1.70. The summed E-state index contributed by atoms with van der Waals surface area (Å²) in [7, 11) is 0. The maximum atomic E-state index is 12.2. The molecular formula is C21H26N2O4. The first-order valence-corrected chi connectivity index (χ1v) is 9.76. The molecule has 1 aliphatic carbocycles. The van der Waals surface area contributed by atoms with Gasteiger partial charge in [0.1, 0.15) is 5.75 Å². The number of rotatable bonds is 5. The van der Waals surface area contributed by atoms with Gasteiger partial charge in [0, 0.05) is 29.2 Å². The second kappa shape index (κ2) is 8.67. The molecule has 2 heterocycles. The highest BCUT2D eigenvalue weighted by Gasteiger charge is 2.25. The van der Waals surface area contributed by atoms with Gasteiger partial charge in [-0.1, -0.05) is 12.1 Å². The smallest absolute Gasteiger partial charge is 0.222 e. The molecule has 1 aromatic carbocycles. The Morgan fingerprint density at radius 1 is 1.19 bits per heavy atom. The van der Waals surface area contributed by atoms with Crippen LogP contribution >= 0.6 is 0 Å². The molecule has 1 atom stereocenters. The van der Waals surface area contributed by atoms with Crippen molar-refractivity contribution < 1.29 is 19.0 Å². The number of aromatic nitrogens is 1. The Morgan fingerprint density at radius 3 is 2.89 bits per heavy atom. The zero-order valence-corrected chi connectivity index (χ0v) is 15.4. The van der Waals surface area contributed by atoms with Crippen LogP contribution in [0.5, 0.6) is 5.75 Å². The molecule has 0 spiro atoms. The molecule has 6 nitrogen and oxygen atoms in total. The summed E-state index contributed by atoms with van der Waals surface area (Å²) in [4.78, 5) is 16.4. The minimum absolute atomic E-state index is 0.0522. The van der Waals surface area contributed by atoms with Gasteiger partial charge in [-0.05, 0) is 37.8 Å². The number of amides is 1. The molecule has 1 saturated carbocycles. The van der Waals surface area contributed by atoms with Crippen molar-refractivity contribution in [3.8, 4) is 5.75 Å². The number of pyridine rings is 1. The predicted octanol–water partition coefficient (Wildman–Crippen LogP) is 2.85. The first-order chi connectivity index (χ1) is 13.3. The van der Waals surface area contributed by atoms with E-state index in [1.807, 2.05) is 30.5 Å². The topological polar surface area (TPSA) is 69.7 Å². The minimum Gasteiger partial charge on any atom is -0.490 e. The Kier molecular flexibility index (Phi) is 5.84. The van der Waals surface area contributed by atoms with Gasteiger partial charge in [0.25, 0.3) is 0 Å². The van der Waals surface area contributed by atoms with Crippen molar-refractivity contribution >= 4 is 16.7 Å². The first-order valence-electron chi connectivity index (χ1n) is 9.76. The fraction of sp³-hybridized carbons (Fsp3) is 0.524. The molecule has 2 aromatic rings. The number of fused-ring (bicyclic) bond motifs is 1. The van der Waals surface area contributed by atoms with Crippen molar-refractivity contribution in [2.75, 3.05) is 19.8 Å². The van der Waals surface area contributed by atoms with E-state index in [0.717, 1.165) is 42.2 Å². The number of nitrogens with one attached hydrogen (secondary N) is 1. The number of carbonyl (C=O) groups is 1. The van der Waals surface area contributed by atoms with Gasteiger partial charge in [-0.2, -0.15) is 0 Å². The van der Waals surface area contributed by atoms with Gasteiger partial charge < -0.3 is 19.5 Å². The molecule has 27 heavy (non-hydrogen) atoms. The van der Waals surface area contributed by atoms with Gasteiger partial charge in [-0.15, -0.1) is 0 Å². The highest BCUT2D eigenvalue weighted by molar-refractivity contribution is 5.87. The molecule has 1 amide bonds. The van der Waals surface area contributed by atoms with Crippen LogP contribution in [0.15, 0.2) is 36.7 Å². The average Bonchev–Trinajstić information content (AvgIpc) is 2.70. The molecule has 1 N–H and O–H groups in total. The molecule has 1 unspecified atom stereocenters. The Morgan fingerprint density at radius 2 is 2.07 bits per heavy atom. The fourth-order valence-corrected chi connectivity index (χ4v) is 3.85. The number of nitrogens with zero attached hydrogens (tertiary/aromatic N) is 1. The van der Waals surface area contributed by atoms with Crippen LogP contribution in [0.25, 0.3) is 10.8 Å². The molecule has 0 bridgehead atoms. The van der Waals surface area contributed by atoms with Crippen molar-refractivity contribution in [1.29, 1.82) is 0 Å². The lowest BCUT2D eigenvalue weighted by atomic mass is 9.92. The number of benzene rings is 1.